The highest BCUT2D eigenvalue weighted by molar-refractivity contribution is 6.18. The van der Waals surface area contributed by atoms with Gasteiger partial charge in [-0.25, -0.2) is 0 Å². The Morgan fingerprint density at radius 1 is 0.381 bits per heavy atom. The van der Waals surface area contributed by atoms with Crippen LogP contribution in [0.4, 0.5) is 0 Å². The Morgan fingerprint density at radius 3 is 1.00 bits per heavy atom. The molecule has 0 unspecified atom stereocenters. The Morgan fingerprint density at radius 2 is 0.667 bits per heavy atom. The Bertz CT molecular complexity index is 202. The van der Waals surface area contributed by atoms with E-state index in [1.807, 2.05) is 0 Å². The van der Waals surface area contributed by atoms with E-state index in [1.54, 1.807) is 0 Å². The number of alkyl halides is 2. The molecule has 0 heterocycles. The van der Waals surface area contributed by atoms with Crippen LogP contribution in [0.1, 0.15) is 96.3 Å². The maximum atomic E-state index is 5.66. The van der Waals surface area contributed by atoms with Crippen molar-refractivity contribution in [2.75, 3.05) is 11.8 Å². The summed E-state index contributed by atoms with van der Waals surface area (Å²) in [5, 5.41) is 0. The van der Waals surface area contributed by atoms with Gasteiger partial charge in [0.25, 0.3) is 0 Å². The molecule has 0 radical (unpaired) electrons. The highest BCUT2D eigenvalue weighted by atomic mass is 35.5. The van der Waals surface area contributed by atoms with Crippen LogP contribution in [0.3, 0.4) is 0 Å². The zero-order valence-corrected chi connectivity index (χ0v) is 15.4. The summed E-state index contributed by atoms with van der Waals surface area (Å²) in [6.45, 7) is 0. The van der Waals surface area contributed by atoms with Crippen molar-refractivity contribution < 1.29 is 0 Å². The first-order valence-electron chi connectivity index (χ1n) is 9.18. The van der Waals surface area contributed by atoms with E-state index >= 15 is 0 Å². The van der Waals surface area contributed by atoms with Gasteiger partial charge in [-0.15, -0.1) is 23.2 Å². The van der Waals surface area contributed by atoms with Crippen LogP contribution in [0.15, 0.2) is 12.2 Å². The molecule has 0 aliphatic rings. The predicted molar refractivity (Wildman–Crippen MR) is 99.8 cm³/mol. The average molecular weight is 335 g/mol. The summed E-state index contributed by atoms with van der Waals surface area (Å²) in [6, 6.07) is 0. The molecule has 0 bridgehead atoms. The SMILES string of the molecule is ClCCCCCCCCC=CCCCCCCCCCCl. The van der Waals surface area contributed by atoms with Crippen molar-refractivity contribution in [3.05, 3.63) is 12.2 Å². The van der Waals surface area contributed by atoms with E-state index in [0.29, 0.717) is 0 Å². The van der Waals surface area contributed by atoms with Crippen molar-refractivity contribution in [1.82, 2.24) is 0 Å². The highest BCUT2D eigenvalue weighted by Gasteiger charge is 1.91. The Labute approximate surface area is 143 Å². The summed E-state index contributed by atoms with van der Waals surface area (Å²) in [4.78, 5) is 0. The lowest BCUT2D eigenvalue weighted by molar-refractivity contribution is 0.592. The summed E-state index contributed by atoms with van der Waals surface area (Å²) >= 11 is 11.3. The maximum absolute atomic E-state index is 5.66. The third-order valence-corrected chi connectivity index (χ3v) is 4.46. The van der Waals surface area contributed by atoms with Crippen LogP contribution in [0.5, 0.6) is 0 Å². The first-order chi connectivity index (χ1) is 10.4. The first-order valence-corrected chi connectivity index (χ1v) is 10.3. The summed E-state index contributed by atoms with van der Waals surface area (Å²) in [5.41, 5.74) is 0. The van der Waals surface area contributed by atoms with Crippen LogP contribution >= 0.6 is 23.2 Å². The van der Waals surface area contributed by atoms with Gasteiger partial charge in [-0.1, -0.05) is 69.9 Å². The van der Waals surface area contributed by atoms with Crippen molar-refractivity contribution in [3.63, 3.8) is 0 Å². The maximum Gasteiger partial charge on any atom is 0.0223 e. The van der Waals surface area contributed by atoms with Crippen LogP contribution in [0.25, 0.3) is 0 Å². The minimum Gasteiger partial charge on any atom is -0.127 e. The largest absolute Gasteiger partial charge is 0.127 e. The second-order valence-corrected chi connectivity index (χ2v) is 6.78. The monoisotopic (exact) mass is 334 g/mol. The van der Waals surface area contributed by atoms with Gasteiger partial charge in [0.1, 0.15) is 0 Å². The number of unbranched alkanes of at least 4 members (excludes halogenated alkanes) is 13. The number of hydrogen-bond donors (Lipinski definition) is 0. The van der Waals surface area contributed by atoms with Crippen LogP contribution < -0.4 is 0 Å². The molecule has 0 aromatic rings. The molecule has 0 nitrogen and oxygen atoms in total. The molecule has 21 heavy (non-hydrogen) atoms. The topological polar surface area (TPSA) is 0 Å². The molecule has 0 N–H and O–H groups in total. The third kappa shape index (κ3) is 20.3. The fraction of sp³-hybridized carbons (Fsp3) is 0.895. The standard InChI is InChI=1S/C19H36Cl2/c20-18-16-14-12-10-8-6-4-2-1-3-5-7-9-11-13-15-17-19-21/h1-2H,3-19H2. The number of allylic oxidation sites excluding steroid dienone is 2. The molecule has 0 spiro atoms. The van der Waals surface area contributed by atoms with Crippen molar-refractivity contribution in [2.45, 2.75) is 96.3 Å². The fourth-order valence-electron chi connectivity index (χ4n) is 2.54. The van der Waals surface area contributed by atoms with E-state index in [9.17, 15) is 0 Å². The normalized spacial score (nSPS) is 11.5. The van der Waals surface area contributed by atoms with Gasteiger partial charge in [-0.3, -0.25) is 0 Å². The van der Waals surface area contributed by atoms with E-state index < -0.39 is 0 Å². The Hall–Kier alpha value is 0.320. The van der Waals surface area contributed by atoms with Gasteiger partial charge in [0.15, 0.2) is 0 Å². The highest BCUT2D eigenvalue weighted by Crippen LogP contribution is 2.10. The van der Waals surface area contributed by atoms with Gasteiger partial charge in [0.2, 0.25) is 0 Å². The molecule has 0 aliphatic carbocycles. The van der Waals surface area contributed by atoms with Gasteiger partial charge < -0.3 is 0 Å². The van der Waals surface area contributed by atoms with Crippen LogP contribution in [-0.2, 0) is 0 Å². The number of hydrogen-bond acceptors (Lipinski definition) is 0. The van der Waals surface area contributed by atoms with Gasteiger partial charge in [-0.2, -0.15) is 0 Å². The molecule has 0 saturated carbocycles. The molecular formula is C19H36Cl2. The van der Waals surface area contributed by atoms with Gasteiger partial charge in [-0.05, 0) is 38.5 Å². The average Bonchev–Trinajstić information content (AvgIpc) is 2.50. The predicted octanol–water partition coefficient (Wildman–Crippen LogP) is 7.87. The molecule has 0 aliphatic heterocycles. The summed E-state index contributed by atoms with van der Waals surface area (Å²) < 4.78 is 0. The van der Waals surface area contributed by atoms with Crippen molar-refractivity contribution in [2.24, 2.45) is 0 Å². The zero-order valence-electron chi connectivity index (χ0n) is 13.9. The quantitative estimate of drug-likeness (QED) is 0.144. The third-order valence-electron chi connectivity index (χ3n) is 3.93. The fourth-order valence-corrected chi connectivity index (χ4v) is 2.92. The van der Waals surface area contributed by atoms with Gasteiger partial charge >= 0.3 is 0 Å². The minimum absolute atomic E-state index is 0.830. The Balaban J connectivity index is 3.02. The summed E-state index contributed by atoms with van der Waals surface area (Å²) in [7, 11) is 0. The minimum atomic E-state index is 0.830. The van der Waals surface area contributed by atoms with Gasteiger partial charge in [0, 0.05) is 11.8 Å². The molecule has 0 rings (SSSR count). The van der Waals surface area contributed by atoms with E-state index in [-0.39, 0.29) is 0 Å². The van der Waals surface area contributed by atoms with E-state index in [0.717, 1.165) is 11.8 Å². The Kier molecular flexibility index (Phi) is 20.6. The molecule has 0 saturated heterocycles. The molecule has 2 heteroatoms. The number of halogens is 2. The molecular weight excluding hydrogens is 299 g/mol. The molecule has 0 atom stereocenters. The van der Waals surface area contributed by atoms with E-state index in [2.05, 4.69) is 12.2 Å². The van der Waals surface area contributed by atoms with E-state index in [1.165, 1.54) is 96.3 Å². The second kappa shape index (κ2) is 20.3. The van der Waals surface area contributed by atoms with Crippen LogP contribution in [0.2, 0.25) is 0 Å². The zero-order chi connectivity index (χ0) is 15.4. The first kappa shape index (κ1) is 21.3. The van der Waals surface area contributed by atoms with Crippen molar-refractivity contribution in [1.29, 1.82) is 0 Å². The van der Waals surface area contributed by atoms with Gasteiger partial charge in [0.05, 0.1) is 0 Å². The second-order valence-electron chi connectivity index (χ2n) is 6.02. The lowest BCUT2D eigenvalue weighted by Gasteiger charge is -2.00. The number of rotatable bonds is 17. The molecule has 0 aromatic heterocycles. The lowest BCUT2D eigenvalue weighted by atomic mass is 10.1. The molecule has 126 valence electrons. The lowest BCUT2D eigenvalue weighted by Crippen LogP contribution is -1.81. The summed E-state index contributed by atoms with van der Waals surface area (Å²) in [5.74, 6) is 1.66. The van der Waals surface area contributed by atoms with Crippen LogP contribution in [-0.4, -0.2) is 11.8 Å². The molecule has 0 amide bonds. The smallest absolute Gasteiger partial charge is 0.0223 e. The van der Waals surface area contributed by atoms with E-state index in [4.69, 9.17) is 23.2 Å². The molecule has 0 fully saturated rings. The van der Waals surface area contributed by atoms with Crippen LogP contribution in [0, 0.1) is 0 Å². The molecule has 0 aromatic carbocycles. The van der Waals surface area contributed by atoms with Crippen molar-refractivity contribution in [3.8, 4) is 0 Å². The summed E-state index contributed by atoms with van der Waals surface area (Å²) in [6.07, 6.45) is 24.7. The van der Waals surface area contributed by atoms with Crippen molar-refractivity contribution >= 4 is 23.2 Å².